The van der Waals surface area contributed by atoms with Crippen molar-refractivity contribution in [3.8, 4) is 0 Å². The van der Waals surface area contributed by atoms with E-state index in [1.165, 1.54) is 26.4 Å². The normalized spacial score (nSPS) is 21.1. The summed E-state index contributed by atoms with van der Waals surface area (Å²) in [6.07, 6.45) is 5.73. The SMILES string of the molecule is COC(=O)[C@H](O)CC1CCCCC1. The lowest BCUT2D eigenvalue weighted by Crippen LogP contribution is -2.25. The van der Waals surface area contributed by atoms with Gasteiger partial charge in [-0.15, -0.1) is 0 Å². The van der Waals surface area contributed by atoms with E-state index in [-0.39, 0.29) is 0 Å². The molecule has 0 amide bonds. The van der Waals surface area contributed by atoms with Crippen LogP contribution in [0.1, 0.15) is 38.5 Å². The van der Waals surface area contributed by atoms with Gasteiger partial charge in [0.15, 0.2) is 6.10 Å². The molecule has 1 N–H and O–H groups in total. The number of aliphatic hydroxyl groups is 1. The van der Waals surface area contributed by atoms with Crippen LogP contribution in [0.25, 0.3) is 0 Å². The summed E-state index contributed by atoms with van der Waals surface area (Å²) >= 11 is 0. The van der Waals surface area contributed by atoms with Crippen LogP contribution in [0.2, 0.25) is 0 Å². The van der Waals surface area contributed by atoms with Crippen molar-refractivity contribution in [2.45, 2.75) is 44.6 Å². The maximum atomic E-state index is 10.9. The second-order valence-corrected chi connectivity index (χ2v) is 3.78. The van der Waals surface area contributed by atoms with Gasteiger partial charge in [0.2, 0.25) is 0 Å². The van der Waals surface area contributed by atoms with Crippen molar-refractivity contribution in [2.75, 3.05) is 7.11 Å². The number of carbonyl (C=O) groups excluding carboxylic acids is 1. The zero-order chi connectivity index (χ0) is 9.68. The van der Waals surface area contributed by atoms with E-state index in [4.69, 9.17) is 0 Å². The fourth-order valence-corrected chi connectivity index (χ4v) is 1.97. The third kappa shape index (κ3) is 3.35. The van der Waals surface area contributed by atoms with Crippen LogP contribution in [-0.4, -0.2) is 24.3 Å². The van der Waals surface area contributed by atoms with E-state index in [0.717, 1.165) is 12.8 Å². The molecule has 1 saturated carbocycles. The number of rotatable bonds is 3. The van der Waals surface area contributed by atoms with Crippen LogP contribution in [0.4, 0.5) is 0 Å². The first-order valence-corrected chi connectivity index (χ1v) is 5.00. The third-order valence-electron chi connectivity index (χ3n) is 2.75. The van der Waals surface area contributed by atoms with Gasteiger partial charge in [0.25, 0.3) is 0 Å². The summed E-state index contributed by atoms with van der Waals surface area (Å²) in [6, 6.07) is 0. The van der Waals surface area contributed by atoms with E-state index >= 15 is 0 Å². The van der Waals surface area contributed by atoms with Crippen LogP contribution < -0.4 is 0 Å². The Labute approximate surface area is 79.1 Å². The molecule has 1 fully saturated rings. The van der Waals surface area contributed by atoms with Gasteiger partial charge in [-0.05, 0) is 12.3 Å². The summed E-state index contributed by atoms with van der Waals surface area (Å²) in [5, 5.41) is 9.40. The lowest BCUT2D eigenvalue weighted by molar-refractivity contribution is -0.151. The summed E-state index contributed by atoms with van der Waals surface area (Å²) in [7, 11) is 1.31. The molecule has 0 radical (unpaired) electrons. The second kappa shape index (κ2) is 5.22. The Morgan fingerprint density at radius 3 is 2.62 bits per heavy atom. The minimum absolute atomic E-state index is 0.495. The van der Waals surface area contributed by atoms with Gasteiger partial charge in [0, 0.05) is 0 Å². The Morgan fingerprint density at radius 2 is 2.08 bits per heavy atom. The minimum Gasteiger partial charge on any atom is -0.467 e. The van der Waals surface area contributed by atoms with Crippen LogP contribution in [-0.2, 0) is 9.53 Å². The largest absolute Gasteiger partial charge is 0.467 e. The van der Waals surface area contributed by atoms with E-state index in [0.29, 0.717) is 12.3 Å². The second-order valence-electron chi connectivity index (χ2n) is 3.78. The highest BCUT2D eigenvalue weighted by molar-refractivity contribution is 5.74. The molecule has 0 aromatic rings. The van der Waals surface area contributed by atoms with E-state index in [2.05, 4.69) is 4.74 Å². The van der Waals surface area contributed by atoms with Gasteiger partial charge in [-0.2, -0.15) is 0 Å². The van der Waals surface area contributed by atoms with Crippen LogP contribution in [0.5, 0.6) is 0 Å². The Morgan fingerprint density at radius 1 is 1.46 bits per heavy atom. The molecule has 0 heterocycles. The molecule has 0 saturated heterocycles. The number of ether oxygens (including phenoxy) is 1. The maximum absolute atomic E-state index is 10.9. The van der Waals surface area contributed by atoms with E-state index in [1.807, 2.05) is 0 Å². The summed E-state index contributed by atoms with van der Waals surface area (Å²) in [5.74, 6) is 0.0217. The lowest BCUT2D eigenvalue weighted by Gasteiger charge is -2.22. The Balaban J connectivity index is 2.25. The van der Waals surface area contributed by atoms with Crippen LogP contribution in [0, 0.1) is 5.92 Å². The molecule has 1 aliphatic carbocycles. The summed E-state index contributed by atoms with van der Waals surface area (Å²) in [6.45, 7) is 0. The molecule has 0 bridgehead atoms. The van der Waals surface area contributed by atoms with E-state index < -0.39 is 12.1 Å². The standard InChI is InChI=1S/C10H18O3/c1-13-10(12)9(11)7-8-5-3-2-4-6-8/h8-9,11H,2-7H2,1H3/t9-/m1/s1. The maximum Gasteiger partial charge on any atom is 0.334 e. The highest BCUT2D eigenvalue weighted by Gasteiger charge is 2.22. The van der Waals surface area contributed by atoms with Gasteiger partial charge in [-0.3, -0.25) is 0 Å². The molecule has 0 unspecified atom stereocenters. The molecule has 0 spiro atoms. The van der Waals surface area contributed by atoms with Crippen LogP contribution in [0.15, 0.2) is 0 Å². The van der Waals surface area contributed by atoms with Crippen molar-refractivity contribution >= 4 is 5.97 Å². The monoisotopic (exact) mass is 186 g/mol. The van der Waals surface area contributed by atoms with Gasteiger partial charge in [0.1, 0.15) is 0 Å². The van der Waals surface area contributed by atoms with Crippen LogP contribution >= 0.6 is 0 Å². The molecular weight excluding hydrogens is 168 g/mol. The molecule has 3 nitrogen and oxygen atoms in total. The summed E-state index contributed by atoms with van der Waals surface area (Å²) in [5.41, 5.74) is 0. The highest BCUT2D eigenvalue weighted by Crippen LogP contribution is 2.27. The molecular formula is C10H18O3. The zero-order valence-corrected chi connectivity index (χ0v) is 8.16. The van der Waals surface area contributed by atoms with Crippen molar-refractivity contribution in [2.24, 2.45) is 5.92 Å². The first kappa shape index (κ1) is 10.5. The summed E-state index contributed by atoms with van der Waals surface area (Å²) in [4.78, 5) is 10.9. The Kier molecular flexibility index (Phi) is 4.22. The van der Waals surface area contributed by atoms with Crippen molar-refractivity contribution in [1.29, 1.82) is 0 Å². The van der Waals surface area contributed by atoms with Gasteiger partial charge in [0.05, 0.1) is 7.11 Å². The molecule has 1 rings (SSSR count). The third-order valence-corrected chi connectivity index (χ3v) is 2.75. The molecule has 0 aliphatic heterocycles. The number of hydrogen-bond acceptors (Lipinski definition) is 3. The van der Waals surface area contributed by atoms with Crippen molar-refractivity contribution < 1.29 is 14.6 Å². The smallest absolute Gasteiger partial charge is 0.334 e. The average molecular weight is 186 g/mol. The zero-order valence-electron chi connectivity index (χ0n) is 8.16. The summed E-state index contributed by atoms with van der Waals surface area (Å²) < 4.78 is 4.46. The predicted molar refractivity (Wildman–Crippen MR) is 49.2 cm³/mol. The van der Waals surface area contributed by atoms with Gasteiger partial charge in [-0.1, -0.05) is 32.1 Å². The molecule has 1 aliphatic rings. The highest BCUT2D eigenvalue weighted by atomic mass is 16.5. The topological polar surface area (TPSA) is 46.5 Å². The van der Waals surface area contributed by atoms with Crippen molar-refractivity contribution in [3.63, 3.8) is 0 Å². The average Bonchev–Trinajstić information content (AvgIpc) is 2.18. The van der Waals surface area contributed by atoms with Crippen LogP contribution in [0.3, 0.4) is 0 Å². The Bertz CT molecular complexity index is 162. The number of aliphatic hydroxyl groups excluding tert-OH is 1. The van der Waals surface area contributed by atoms with Gasteiger partial charge >= 0.3 is 5.97 Å². The first-order chi connectivity index (χ1) is 6.24. The van der Waals surface area contributed by atoms with Gasteiger partial charge in [-0.25, -0.2) is 4.79 Å². The van der Waals surface area contributed by atoms with E-state index in [9.17, 15) is 9.90 Å². The molecule has 3 heteroatoms. The predicted octanol–water partition coefficient (Wildman–Crippen LogP) is 1.49. The van der Waals surface area contributed by atoms with Crippen molar-refractivity contribution in [3.05, 3.63) is 0 Å². The van der Waals surface area contributed by atoms with E-state index in [1.54, 1.807) is 0 Å². The number of hydrogen-bond donors (Lipinski definition) is 1. The number of carbonyl (C=O) groups is 1. The first-order valence-electron chi connectivity index (χ1n) is 5.00. The number of methoxy groups -OCH3 is 1. The molecule has 76 valence electrons. The van der Waals surface area contributed by atoms with Gasteiger partial charge < -0.3 is 9.84 Å². The Hall–Kier alpha value is -0.570. The molecule has 13 heavy (non-hydrogen) atoms. The number of esters is 1. The molecule has 0 aromatic heterocycles. The fraction of sp³-hybridized carbons (Fsp3) is 0.900. The lowest BCUT2D eigenvalue weighted by atomic mass is 9.85. The molecule has 1 atom stereocenters. The van der Waals surface area contributed by atoms with Crippen molar-refractivity contribution in [1.82, 2.24) is 0 Å². The molecule has 0 aromatic carbocycles. The fourth-order valence-electron chi connectivity index (χ4n) is 1.97. The minimum atomic E-state index is -0.909. The quantitative estimate of drug-likeness (QED) is 0.679.